The molecule has 0 spiro atoms. The second kappa shape index (κ2) is 37.1. The number of hydrogen-bond acceptors (Lipinski definition) is 5. The predicted octanol–water partition coefficient (Wildman–Crippen LogP) is 11.6. The summed E-state index contributed by atoms with van der Waals surface area (Å²) in [5.41, 5.74) is 0. The van der Waals surface area contributed by atoms with E-state index in [-0.39, 0.29) is 25.2 Å². The largest absolute Gasteiger partial charge is 0.462 e. The molecule has 0 rings (SSSR count). The average Bonchev–Trinajstić information content (AvgIpc) is 3.06. The second-order valence-electron chi connectivity index (χ2n) is 12.3. The molecule has 0 aromatic heterocycles. The van der Waals surface area contributed by atoms with E-state index in [4.69, 9.17) is 9.47 Å². The van der Waals surface area contributed by atoms with Crippen LogP contribution in [0.1, 0.15) is 168 Å². The highest BCUT2D eigenvalue weighted by atomic mass is 16.6. The fourth-order valence-corrected chi connectivity index (χ4v) is 4.94. The van der Waals surface area contributed by atoms with E-state index in [1.807, 2.05) is 0 Å². The third-order valence-electron chi connectivity index (χ3n) is 7.80. The van der Waals surface area contributed by atoms with Crippen LogP contribution >= 0.6 is 0 Å². The van der Waals surface area contributed by atoms with Crippen LogP contribution in [0.2, 0.25) is 0 Å². The van der Waals surface area contributed by atoms with Crippen molar-refractivity contribution in [1.29, 1.82) is 0 Å². The first-order chi connectivity index (χ1) is 22.6. The highest BCUT2D eigenvalue weighted by Gasteiger charge is 2.16. The summed E-state index contributed by atoms with van der Waals surface area (Å²) >= 11 is 0. The Kier molecular flexibility index (Phi) is 35.1. The molecule has 0 aliphatic carbocycles. The van der Waals surface area contributed by atoms with E-state index in [9.17, 15) is 14.7 Å². The zero-order valence-electron chi connectivity index (χ0n) is 29.8. The molecule has 1 atom stereocenters. The molecule has 0 amide bonds. The van der Waals surface area contributed by atoms with E-state index in [0.717, 1.165) is 77.0 Å². The monoisotopic (exact) mass is 643 g/mol. The maximum atomic E-state index is 12.2. The van der Waals surface area contributed by atoms with Crippen molar-refractivity contribution in [3.05, 3.63) is 60.8 Å². The Balaban J connectivity index is 3.59. The van der Waals surface area contributed by atoms with Crippen LogP contribution in [0, 0.1) is 0 Å². The lowest BCUT2D eigenvalue weighted by molar-refractivity contribution is -0.161. The topological polar surface area (TPSA) is 72.8 Å². The van der Waals surface area contributed by atoms with Crippen LogP contribution in [-0.4, -0.2) is 36.4 Å². The third kappa shape index (κ3) is 34.5. The lowest BCUT2D eigenvalue weighted by atomic mass is 10.1. The summed E-state index contributed by atoms with van der Waals surface area (Å²) in [4.78, 5) is 24.2. The summed E-state index contributed by atoms with van der Waals surface area (Å²) in [6.07, 6.45) is 47.1. The van der Waals surface area contributed by atoms with Gasteiger partial charge in [-0.25, -0.2) is 0 Å². The van der Waals surface area contributed by atoms with Crippen molar-refractivity contribution in [2.24, 2.45) is 0 Å². The number of rotatable bonds is 33. The minimum atomic E-state index is -0.779. The number of esters is 2. The maximum absolute atomic E-state index is 12.2. The molecule has 46 heavy (non-hydrogen) atoms. The smallest absolute Gasteiger partial charge is 0.306 e. The number of carbonyl (C=O) groups excluding carboxylic acids is 2. The first-order valence-corrected chi connectivity index (χ1v) is 18.8. The SMILES string of the molecule is CC/C=C\C/C=C\C/C=C\C/C=C\CCCCCCCCCCC(=O)OC(CO)COC(=O)CCCCCCC/C=C\CCCC. The van der Waals surface area contributed by atoms with Gasteiger partial charge < -0.3 is 14.6 Å². The van der Waals surface area contributed by atoms with Crippen LogP contribution in [0.4, 0.5) is 0 Å². The average molecular weight is 643 g/mol. The summed E-state index contributed by atoms with van der Waals surface area (Å²) < 4.78 is 10.6. The molecule has 0 bridgehead atoms. The van der Waals surface area contributed by atoms with Crippen LogP contribution in [0.5, 0.6) is 0 Å². The van der Waals surface area contributed by atoms with Gasteiger partial charge in [-0.1, -0.05) is 145 Å². The summed E-state index contributed by atoms with van der Waals surface area (Å²) in [5, 5.41) is 9.53. The molecule has 0 radical (unpaired) electrons. The maximum Gasteiger partial charge on any atom is 0.306 e. The van der Waals surface area contributed by atoms with Crippen molar-refractivity contribution >= 4 is 11.9 Å². The molecule has 0 fully saturated rings. The molecule has 5 nitrogen and oxygen atoms in total. The van der Waals surface area contributed by atoms with Gasteiger partial charge in [0.05, 0.1) is 6.61 Å². The number of carbonyl (C=O) groups is 2. The van der Waals surface area contributed by atoms with Gasteiger partial charge in [-0.3, -0.25) is 9.59 Å². The quantitative estimate of drug-likeness (QED) is 0.0438. The van der Waals surface area contributed by atoms with Crippen molar-refractivity contribution in [3.8, 4) is 0 Å². The minimum absolute atomic E-state index is 0.0757. The van der Waals surface area contributed by atoms with Gasteiger partial charge in [0.1, 0.15) is 6.61 Å². The molecule has 0 aliphatic rings. The van der Waals surface area contributed by atoms with Crippen molar-refractivity contribution in [1.82, 2.24) is 0 Å². The Hall–Kier alpha value is -2.40. The molecule has 0 saturated carbocycles. The Bertz CT molecular complexity index is 823. The van der Waals surface area contributed by atoms with E-state index < -0.39 is 6.10 Å². The molecule has 0 aromatic rings. The van der Waals surface area contributed by atoms with Gasteiger partial charge in [0.15, 0.2) is 6.10 Å². The van der Waals surface area contributed by atoms with Crippen molar-refractivity contribution in [3.63, 3.8) is 0 Å². The number of aliphatic hydroxyl groups is 1. The van der Waals surface area contributed by atoms with Crippen LogP contribution < -0.4 is 0 Å². The molecule has 5 heteroatoms. The summed E-state index contributed by atoms with van der Waals surface area (Å²) in [6, 6.07) is 0. The molecule has 264 valence electrons. The number of hydrogen-bond donors (Lipinski definition) is 1. The van der Waals surface area contributed by atoms with Gasteiger partial charge in [0.2, 0.25) is 0 Å². The van der Waals surface area contributed by atoms with Crippen LogP contribution in [0.15, 0.2) is 60.8 Å². The Morgan fingerprint density at radius 2 is 0.935 bits per heavy atom. The van der Waals surface area contributed by atoms with Crippen molar-refractivity contribution in [2.45, 2.75) is 174 Å². The fraction of sp³-hybridized carbons (Fsp3) is 0.707. The number of ether oxygens (including phenoxy) is 2. The summed E-state index contributed by atoms with van der Waals surface area (Å²) in [6.45, 7) is 3.96. The Morgan fingerprint density at radius 3 is 1.43 bits per heavy atom. The van der Waals surface area contributed by atoms with E-state index in [1.165, 1.54) is 64.2 Å². The zero-order chi connectivity index (χ0) is 33.6. The van der Waals surface area contributed by atoms with Crippen molar-refractivity contribution in [2.75, 3.05) is 13.2 Å². The van der Waals surface area contributed by atoms with E-state index in [1.54, 1.807) is 0 Å². The first kappa shape index (κ1) is 43.6. The molecule has 0 aliphatic heterocycles. The summed E-state index contributed by atoms with van der Waals surface area (Å²) in [5.74, 6) is -0.616. The van der Waals surface area contributed by atoms with Gasteiger partial charge in [0.25, 0.3) is 0 Å². The molecule has 0 saturated heterocycles. The van der Waals surface area contributed by atoms with Gasteiger partial charge in [-0.2, -0.15) is 0 Å². The highest BCUT2D eigenvalue weighted by molar-refractivity contribution is 5.70. The number of unbranched alkanes of at least 4 members (excludes halogenated alkanes) is 15. The van der Waals surface area contributed by atoms with E-state index in [0.29, 0.717) is 12.8 Å². The van der Waals surface area contributed by atoms with Gasteiger partial charge in [-0.15, -0.1) is 0 Å². The fourth-order valence-electron chi connectivity index (χ4n) is 4.94. The lowest BCUT2D eigenvalue weighted by Crippen LogP contribution is -2.28. The third-order valence-corrected chi connectivity index (χ3v) is 7.80. The van der Waals surface area contributed by atoms with E-state index in [2.05, 4.69) is 74.6 Å². The molecular weight excluding hydrogens is 572 g/mol. The molecule has 1 unspecified atom stereocenters. The van der Waals surface area contributed by atoms with Crippen LogP contribution in [0.25, 0.3) is 0 Å². The normalized spacial score (nSPS) is 12.8. The highest BCUT2D eigenvalue weighted by Crippen LogP contribution is 2.12. The van der Waals surface area contributed by atoms with Gasteiger partial charge in [-0.05, 0) is 70.6 Å². The van der Waals surface area contributed by atoms with Crippen molar-refractivity contribution < 1.29 is 24.2 Å². The Labute approximate surface area is 283 Å². The molecule has 0 heterocycles. The molecular formula is C41H70O5. The van der Waals surface area contributed by atoms with Crippen LogP contribution in [0.3, 0.4) is 0 Å². The Morgan fingerprint density at radius 1 is 0.522 bits per heavy atom. The molecule has 1 N–H and O–H groups in total. The summed E-state index contributed by atoms with van der Waals surface area (Å²) in [7, 11) is 0. The minimum Gasteiger partial charge on any atom is -0.462 e. The first-order valence-electron chi connectivity index (χ1n) is 18.8. The lowest BCUT2D eigenvalue weighted by Gasteiger charge is -2.15. The zero-order valence-corrected chi connectivity index (χ0v) is 29.8. The number of aliphatic hydroxyl groups excluding tert-OH is 1. The van der Waals surface area contributed by atoms with Gasteiger partial charge in [0, 0.05) is 12.8 Å². The molecule has 0 aromatic carbocycles. The van der Waals surface area contributed by atoms with Crippen LogP contribution in [-0.2, 0) is 19.1 Å². The standard InChI is InChI=1S/C41H70O5/c1-3-5-7-9-11-13-15-16-17-18-19-20-21-22-23-24-26-28-30-32-34-36-41(44)46-39(37-42)38-45-40(43)35-33-31-29-27-25-14-12-10-8-6-4-2/h5,7,10-13,16-17,19-20,39,42H,3-4,6,8-9,14-15,18,21-38H2,1-2H3/b7-5-,12-10-,13-11-,17-16-,20-19-. The van der Waals surface area contributed by atoms with E-state index >= 15 is 0 Å². The number of allylic oxidation sites excluding steroid dienone is 10. The van der Waals surface area contributed by atoms with Gasteiger partial charge >= 0.3 is 11.9 Å². The predicted molar refractivity (Wildman–Crippen MR) is 196 cm³/mol. The second-order valence-corrected chi connectivity index (χ2v) is 12.3.